The van der Waals surface area contributed by atoms with Gasteiger partial charge in [0.05, 0.1) is 12.5 Å². The highest BCUT2D eigenvalue weighted by Crippen LogP contribution is 2.05. The topological polar surface area (TPSA) is 33.6 Å². The molecule has 1 rings (SSSR count). The lowest BCUT2D eigenvalue weighted by Gasteiger charge is -2.02. The molecule has 0 unspecified atom stereocenters. The molecule has 0 heterocycles. The van der Waals surface area contributed by atoms with Crippen LogP contribution in [0.4, 0.5) is 0 Å². The first-order valence-electron chi connectivity index (χ1n) is 5.26. The summed E-state index contributed by atoms with van der Waals surface area (Å²) in [6.45, 7) is 4.60. The van der Waals surface area contributed by atoms with Crippen LogP contribution in [-0.4, -0.2) is 13.3 Å². The normalized spacial score (nSPS) is 11.8. The average molecular weight is 218 g/mol. The summed E-state index contributed by atoms with van der Waals surface area (Å²) in [4.78, 5) is 0. The first-order chi connectivity index (χ1) is 7.72. The highest BCUT2D eigenvalue weighted by Gasteiger charge is 1.91. The van der Waals surface area contributed by atoms with Crippen LogP contribution in [0, 0.1) is 6.92 Å². The molecule has 3 heteroatoms. The predicted molar refractivity (Wildman–Crippen MR) is 67.3 cm³/mol. The molecule has 0 amide bonds. The molecule has 1 aromatic carbocycles. The molecule has 0 saturated heterocycles. The zero-order chi connectivity index (χ0) is 11.8. The van der Waals surface area contributed by atoms with E-state index in [9.17, 15) is 0 Å². The summed E-state index contributed by atoms with van der Waals surface area (Å²) in [5.41, 5.74) is 6.09. The molecule has 0 aliphatic heterocycles. The van der Waals surface area contributed by atoms with Crippen LogP contribution >= 0.6 is 0 Å². The van der Waals surface area contributed by atoms with Gasteiger partial charge >= 0.3 is 0 Å². The maximum absolute atomic E-state index is 5.44. The van der Waals surface area contributed by atoms with Crippen molar-refractivity contribution in [1.29, 1.82) is 0 Å². The minimum absolute atomic E-state index is 0.588. The molecule has 0 fully saturated rings. The van der Waals surface area contributed by atoms with Crippen LogP contribution in [0.1, 0.15) is 18.1 Å². The van der Waals surface area contributed by atoms with Gasteiger partial charge < -0.3 is 10.2 Å². The molecular formula is C13H18N2O. The number of ether oxygens (including phenoxy) is 1. The Kier molecular flexibility index (Phi) is 5.12. The van der Waals surface area contributed by atoms with E-state index in [4.69, 9.17) is 4.74 Å². The van der Waals surface area contributed by atoms with Gasteiger partial charge in [0.1, 0.15) is 6.61 Å². The molecule has 0 aliphatic rings. The van der Waals surface area contributed by atoms with Crippen molar-refractivity contribution in [2.75, 3.05) is 7.05 Å². The van der Waals surface area contributed by atoms with Gasteiger partial charge in [-0.25, -0.2) is 0 Å². The van der Waals surface area contributed by atoms with E-state index in [1.54, 1.807) is 19.5 Å². The zero-order valence-corrected chi connectivity index (χ0v) is 10.0. The second-order valence-corrected chi connectivity index (χ2v) is 3.64. The Balaban J connectivity index is 2.40. The summed E-state index contributed by atoms with van der Waals surface area (Å²) in [5.74, 6) is 0. The van der Waals surface area contributed by atoms with Crippen LogP contribution in [0.2, 0.25) is 0 Å². The zero-order valence-electron chi connectivity index (χ0n) is 10.0. The first kappa shape index (κ1) is 12.3. The third-order valence-electron chi connectivity index (χ3n) is 2.04. The Morgan fingerprint density at radius 1 is 1.38 bits per heavy atom. The smallest absolute Gasteiger partial charge is 0.112 e. The van der Waals surface area contributed by atoms with Crippen molar-refractivity contribution in [3.05, 3.63) is 47.2 Å². The Labute approximate surface area is 96.8 Å². The molecule has 0 bridgehead atoms. The SMILES string of the molecule is CN/N=C\C(C)=C\OCc1ccc(C)cc1. The maximum Gasteiger partial charge on any atom is 0.112 e. The number of aryl methyl sites for hydroxylation is 1. The van der Waals surface area contributed by atoms with Gasteiger partial charge in [-0.2, -0.15) is 5.10 Å². The van der Waals surface area contributed by atoms with Gasteiger partial charge in [0, 0.05) is 12.6 Å². The minimum atomic E-state index is 0.588. The molecular weight excluding hydrogens is 200 g/mol. The average Bonchev–Trinajstić information content (AvgIpc) is 2.29. The third-order valence-corrected chi connectivity index (χ3v) is 2.04. The van der Waals surface area contributed by atoms with Gasteiger partial charge in [0.15, 0.2) is 0 Å². The summed E-state index contributed by atoms with van der Waals surface area (Å²) in [7, 11) is 1.76. The Morgan fingerprint density at radius 3 is 2.69 bits per heavy atom. The summed E-state index contributed by atoms with van der Waals surface area (Å²) in [6, 6.07) is 8.30. The second kappa shape index (κ2) is 6.67. The molecule has 86 valence electrons. The number of allylic oxidation sites excluding steroid dienone is 1. The van der Waals surface area contributed by atoms with Gasteiger partial charge in [-0.1, -0.05) is 29.8 Å². The van der Waals surface area contributed by atoms with Crippen LogP contribution in [-0.2, 0) is 11.3 Å². The first-order valence-corrected chi connectivity index (χ1v) is 5.26. The summed E-state index contributed by atoms with van der Waals surface area (Å²) in [5, 5.41) is 3.89. The van der Waals surface area contributed by atoms with Crippen LogP contribution in [0.3, 0.4) is 0 Å². The quantitative estimate of drug-likeness (QED) is 0.468. The van der Waals surface area contributed by atoms with E-state index in [-0.39, 0.29) is 0 Å². The van der Waals surface area contributed by atoms with Crippen LogP contribution in [0.15, 0.2) is 41.2 Å². The fraction of sp³-hybridized carbons (Fsp3) is 0.308. The highest BCUT2D eigenvalue weighted by molar-refractivity contribution is 5.76. The number of nitrogens with one attached hydrogen (secondary N) is 1. The predicted octanol–water partition coefficient (Wildman–Crippen LogP) is 2.62. The van der Waals surface area contributed by atoms with Crippen molar-refractivity contribution in [1.82, 2.24) is 5.43 Å². The van der Waals surface area contributed by atoms with Gasteiger partial charge in [-0.15, -0.1) is 0 Å². The minimum Gasteiger partial charge on any atom is -0.496 e. The fourth-order valence-electron chi connectivity index (χ4n) is 1.15. The Bertz CT molecular complexity index is 366. The lowest BCUT2D eigenvalue weighted by molar-refractivity contribution is 0.235. The number of hydrogen-bond acceptors (Lipinski definition) is 3. The molecule has 0 aliphatic carbocycles. The fourth-order valence-corrected chi connectivity index (χ4v) is 1.15. The summed E-state index contributed by atoms with van der Waals surface area (Å²) in [6.07, 6.45) is 3.43. The molecule has 3 nitrogen and oxygen atoms in total. The molecule has 0 aromatic heterocycles. The molecule has 0 saturated carbocycles. The van der Waals surface area contributed by atoms with Crippen molar-refractivity contribution in [2.24, 2.45) is 5.10 Å². The standard InChI is InChI=1S/C13H18N2O/c1-11-4-6-13(7-5-11)10-16-9-12(2)8-15-14-3/h4-9,14H,10H2,1-3H3/b12-9+,15-8-. The van der Waals surface area contributed by atoms with Gasteiger partial charge in [0.25, 0.3) is 0 Å². The molecule has 1 N–H and O–H groups in total. The third kappa shape index (κ3) is 4.64. The van der Waals surface area contributed by atoms with Gasteiger partial charge in [0.2, 0.25) is 0 Å². The lowest BCUT2D eigenvalue weighted by atomic mass is 10.2. The maximum atomic E-state index is 5.44. The summed E-state index contributed by atoms with van der Waals surface area (Å²) < 4.78 is 5.44. The van der Waals surface area contributed by atoms with Crippen LogP contribution in [0.25, 0.3) is 0 Å². The van der Waals surface area contributed by atoms with Crippen LogP contribution in [0.5, 0.6) is 0 Å². The van der Waals surface area contributed by atoms with E-state index in [2.05, 4.69) is 41.7 Å². The molecule has 16 heavy (non-hydrogen) atoms. The van der Waals surface area contributed by atoms with E-state index in [1.807, 2.05) is 6.92 Å². The number of hydrogen-bond donors (Lipinski definition) is 1. The number of nitrogens with zero attached hydrogens (tertiary/aromatic N) is 1. The van der Waals surface area contributed by atoms with E-state index >= 15 is 0 Å². The van der Waals surface area contributed by atoms with E-state index in [1.165, 1.54) is 11.1 Å². The van der Waals surface area contributed by atoms with Crippen molar-refractivity contribution in [3.63, 3.8) is 0 Å². The Morgan fingerprint density at radius 2 is 2.06 bits per heavy atom. The van der Waals surface area contributed by atoms with Crippen molar-refractivity contribution in [3.8, 4) is 0 Å². The van der Waals surface area contributed by atoms with E-state index in [0.29, 0.717) is 6.61 Å². The largest absolute Gasteiger partial charge is 0.496 e. The monoisotopic (exact) mass is 218 g/mol. The number of hydrazone groups is 1. The molecule has 0 atom stereocenters. The van der Waals surface area contributed by atoms with Gasteiger partial charge in [-0.3, -0.25) is 0 Å². The highest BCUT2D eigenvalue weighted by atomic mass is 16.5. The van der Waals surface area contributed by atoms with Crippen molar-refractivity contribution in [2.45, 2.75) is 20.5 Å². The van der Waals surface area contributed by atoms with Crippen LogP contribution < -0.4 is 5.43 Å². The lowest BCUT2D eigenvalue weighted by Crippen LogP contribution is -1.95. The van der Waals surface area contributed by atoms with Gasteiger partial charge in [-0.05, 0) is 19.4 Å². The van der Waals surface area contributed by atoms with E-state index < -0.39 is 0 Å². The van der Waals surface area contributed by atoms with E-state index in [0.717, 1.165) is 5.57 Å². The van der Waals surface area contributed by atoms with Crippen molar-refractivity contribution >= 4 is 6.21 Å². The number of benzene rings is 1. The molecule has 1 aromatic rings. The number of rotatable bonds is 5. The second-order valence-electron chi connectivity index (χ2n) is 3.64. The molecule has 0 radical (unpaired) electrons. The summed E-state index contributed by atoms with van der Waals surface area (Å²) >= 11 is 0. The molecule has 0 spiro atoms. The van der Waals surface area contributed by atoms with Crippen molar-refractivity contribution < 1.29 is 4.74 Å². The Hall–Kier alpha value is -1.77.